The summed E-state index contributed by atoms with van der Waals surface area (Å²) in [5.74, 6) is 0.789. The first-order chi connectivity index (χ1) is 10.7. The van der Waals surface area contributed by atoms with Crippen molar-refractivity contribution in [3.05, 3.63) is 23.3 Å². The van der Waals surface area contributed by atoms with Crippen LogP contribution < -0.4 is 5.32 Å². The highest BCUT2D eigenvalue weighted by molar-refractivity contribution is 5.87. The van der Waals surface area contributed by atoms with Crippen molar-refractivity contribution in [3.63, 3.8) is 0 Å². The molecule has 0 saturated carbocycles. The van der Waals surface area contributed by atoms with Gasteiger partial charge in [-0.15, -0.1) is 5.10 Å². The molecule has 2 amide bonds. The van der Waals surface area contributed by atoms with Crippen LogP contribution in [0.15, 0.2) is 6.07 Å². The van der Waals surface area contributed by atoms with E-state index in [0.29, 0.717) is 11.5 Å². The standard InChI is InChI=1S/C12H14F3N7O/c1-7-16-10(19-20(7)2)17-11(23)21-3-4-22-8(6-21)5-9(18-22)12(13,14)15/h5H,3-4,6H2,1-2H3,(H,17,19,23). The molecule has 0 aliphatic carbocycles. The van der Waals surface area contributed by atoms with Gasteiger partial charge in [-0.05, 0) is 13.0 Å². The molecule has 0 fully saturated rings. The highest BCUT2D eigenvalue weighted by Gasteiger charge is 2.36. The summed E-state index contributed by atoms with van der Waals surface area (Å²) in [4.78, 5) is 17.6. The van der Waals surface area contributed by atoms with Crippen molar-refractivity contribution >= 4 is 12.0 Å². The van der Waals surface area contributed by atoms with Gasteiger partial charge in [-0.3, -0.25) is 14.7 Å². The topological polar surface area (TPSA) is 80.9 Å². The van der Waals surface area contributed by atoms with E-state index in [1.54, 1.807) is 14.0 Å². The first-order valence-corrected chi connectivity index (χ1v) is 6.81. The van der Waals surface area contributed by atoms with Gasteiger partial charge < -0.3 is 4.90 Å². The lowest BCUT2D eigenvalue weighted by atomic mass is 10.3. The molecule has 2 aromatic rings. The number of aryl methyl sites for hydroxylation is 2. The van der Waals surface area contributed by atoms with Gasteiger partial charge in [0.25, 0.3) is 0 Å². The number of amides is 2. The smallest absolute Gasteiger partial charge is 0.317 e. The summed E-state index contributed by atoms with van der Waals surface area (Å²) >= 11 is 0. The molecule has 0 bridgehead atoms. The van der Waals surface area contributed by atoms with Gasteiger partial charge in [0.05, 0.1) is 18.8 Å². The Bertz CT molecular complexity index is 729. The second-order valence-electron chi connectivity index (χ2n) is 5.20. The van der Waals surface area contributed by atoms with E-state index >= 15 is 0 Å². The number of urea groups is 1. The number of carbonyl (C=O) groups is 1. The minimum Gasteiger partial charge on any atom is -0.317 e. The maximum absolute atomic E-state index is 12.7. The fraction of sp³-hybridized carbons (Fsp3) is 0.500. The van der Waals surface area contributed by atoms with Crippen LogP contribution in [0, 0.1) is 6.92 Å². The third-order valence-corrected chi connectivity index (χ3v) is 3.58. The maximum atomic E-state index is 12.7. The summed E-state index contributed by atoms with van der Waals surface area (Å²) in [6, 6.07) is 0.499. The summed E-state index contributed by atoms with van der Waals surface area (Å²) in [5, 5.41) is 10.1. The molecule has 3 heterocycles. The van der Waals surface area contributed by atoms with Crippen molar-refractivity contribution in [3.8, 4) is 0 Å². The zero-order chi connectivity index (χ0) is 16.8. The van der Waals surface area contributed by atoms with Crippen LogP contribution in [0.4, 0.5) is 23.9 Å². The molecule has 0 radical (unpaired) electrons. The van der Waals surface area contributed by atoms with Crippen LogP contribution in [-0.2, 0) is 26.3 Å². The third-order valence-electron chi connectivity index (χ3n) is 3.58. The minimum absolute atomic E-state index is 0.0424. The van der Waals surface area contributed by atoms with Crippen LogP contribution in [-0.4, -0.2) is 42.0 Å². The molecule has 11 heteroatoms. The first kappa shape index (κ1) is 15.3. The number of hydrogen-bond acceptors (Lipinski definition) is 4. The molecule has 1 aliphatic heterocycles. The van der Waals surface area contributed by atoms with Gasteiger partial charge in [-0.25, -0.2) is 4.79 Å². The first-order valence-electron chi connectivity index (χ1n) is 6.81. The Balaban J connectivity index is 1.71. The second kappa shape index (κ2) is 5.25. The zero-order valence-electron chi connectivity index (χ0n) is 12.4. The second-order valence-corrected chi connectivity index (χ2v) is 5.20. The Morgan fingerprint density at radius 1 is 1.30 bits per heavy atom. The van der Waals surface area contributed by atoms with E-state index in [1.165, 1.54) is 14.3 Å². The van der Waals surface area contributed by atoms with E-state index in [2.05, 4.69) is 20.5 Å². The molecule has 1 aliphatic rings. The Kier molecular flexibility index (Phi) is 3.49. The summed E-state index contributed by atoms with van der Waals surface area (Å²) in [7, 11) is 1.69. The van der Waals surface area contributed by atoms with Crippen molar-refractivity contribution < 1.29 is 18.0 Å². The lowest BCUT2D eigenvalue weighted by molar-refractivity contribution is -0.141. The van der Waals surface area contributed by atoms with Crippen molar-refractivity contribution in [2.45, 2.75) is 26.2 Å². The maximum Gasteiger partial charge on any atom is 0.435 e. The van der Waals surface area contributed by atoms with E-state index in [0.717, 1.165) is 6.07 Å². The van der Waals surface area contributed by atoms with Crippen molar-refractivity contribution in [1.29, 1.82) is 0 Å². The van der Waals surface area contributed by atoms with E-state index in [4.69, 9.17) is 0 Å². The van der Waals surface area contributed by atoms with Gasteiger partial charge >= 0.3 is 12.2 Å². The molecular formula is C12H14F3N7O. The Labute approximate surface area is 128 Å². The molecule has 0 aromatic carbocycles. The molecule has 3 rings (SSSR count). The number of halogens is 3. The molecule has 0 unspecified atom stereocenters. The predicted molar refractivity (Wildman–Crippen MR) is 72.4 cm³/mol. The average Bonchev–Trinajstić information content (AvgIpc) is 3.01. The van der Waals surface area contributed by atoms with Crippen LogP contribution in [0.3, 0.4) is 0 Å². The number of nitrogens with zero attached hydrogens (tertiary/aromatic N) is 6. The van der Waals surface area contributed by atoms with E-state index in [9.17, 15) is 18.0 Å². The van der Waals surface area contributed by atoms with Crippen LogP contribution in [0.25, 0.3) is 0 Å². The normalized spacial score (nSPS) is 14.7. The Morgan fingerprint density at radius 2 is 2.04 bits per heavy atom. The van der Waals surface area contributed by atoms with Gasteiger partial charge in [-0.2, -0.15) is 23.3 Å². The Hall–Kier alpha value is -2.59. The van der Waals surface area contributed by atoms with Gasteiger partial charge in [0.1, 0.15) is 5.82 Å². The number of aromatic nitrogens is 5. The summed E-state index contributed by atoms with van der Waals surface area (Å²) in [5.41, 5.74) is -0.610. The highest BCUT2D eigenvalue weighted by Crippen LogP contribution is 2.29. The van der Waals surface area contributed by atoms with Crippen LogP contribution >= 0.6 is 0 Å². The fourth-order valence-electron chi connectivity index (χ4n) is 2.27. The van der Waals surface area contributed by atoms with E-state index < -0.39 is 17.9 Å². The van der Waals surface area contributed by atoms with Gasteiger partial charge in [-0.1, -0.05) is 0 Å². The quantitative estimate of drug-likeness (QED) is 0.857. The zero-order valence-corrected chi connectivity index (χ0v) is 12.4. The number of carbonyl (C=O) groups excluding carboxylic acids is 1. The fourth-order valence-corrected chi connectivity index (χ4v) is 2.27. The van der Waals surface area contributed by atoms with Crippen molar-refractivity contribution in [2.24, 2.45) is 7.05 Å². The van der Waals surface area contributed by atoms with Crippen LogP contribution in [0.1, 0.15) is 17.2 Å². The monoisotopic (exact) mass is 329 g/mol. The number of hydrogen-bond donors (Lipinski definition) is 1. The number of nitrogens with one attached hydrogen (secondary N) is 1. The minimum atomic E-state index is -4.49. The van der Waals surface area contributed by atoms with Gasteiger partial charge in [0.15, 0.2) is 5.69 Å². The van der Waals surface area contributed by atoms with Gasteiger partial charge in [0.2, 0.25) is 5.95 Å². The van der Waals surface area contributed by atoms with E-state index in [-0.39, 0.29) is 25.6 Å². The molecule has 23 heavy (non-hydrogen) atoms. The van der Waals surface area contributed by atoms with Gasteiger partial charge in [0, 0.05) is 13.6 Å². The summed E-state index contributed by atoms with van der Waals surface area (Å²) in [6.07, 6.45) is -4.49. The number of rotatable bonds is 1. The van der Waals surface area contributed by atoms with Crippen molar-refractivity contribution in [2.75, 3.05) is 11.9 Å². The largest absolute Gasteiger partial charge is 0.435 e. The lowest BCUT2D eigenvalue weighted by Crippen LogP contribution is -2.41. The average molecular weight is 329 g/mol. The van der Waals surface area contributed by atoms with Crippen LogP contribution in [0.2, 0.25) is 0 Å². The SMILES string of the molecule is Cc1nc(NC(=O)N2CCn3nc(C(F)(F)F)cc3C2)nn1C. The van der Waals surface area contributed by atoms with Crippen molar-refractivity contribution in [1.82, 2.24) is 29.4 Å². The molecule has 8 nitrogen and oxygen atoms in total. The summed E-state index contributed by atoms with van der Waals surface area (Å²) in [6.45, 7) is 2.23. The molecule has 0 atom stereocenters. The van der Waals surface area contributed by atoms with Crippen LogP contribution in [0.5, 0.6) is 0 Å². The molecular weight excluding hydrogens is 315 g/mol. The molecule has 124 valence electrons. The Morgan fingerprint density at radius 3 is 2.65 bits per heavy atom. The van der Waals surface area contributed by atoms with E-state index in [1.807, 2.05) is 0 Å². The number of alkyl halides is 3. The molecule has 1 N–H and O–H groups in total. The molecule has 0 saturated heterocycles. The number of fused-ring (bicyclic) bond motifs is 1. The summed E-state index contributed by atoms with van der Waals surface area (Å²) < 4.78 is 40.8. The number of anilines is 1. The third kappa shape index (κ3) is 2.98. The molecule has 2 aromatic heterocycles. The predicted octanol–water partition coefficient (Wildman–Crippen LogP) is 1.39. The molecule has 0 spiro atoms. The lowest BCUT2D eigenvalue weighted by Gasteiger charge is -2.27. The highest BCUT2D eigenvalue weighted by atomic mass is 19.4.